The largest absolute Gasteiger partial charge is 0.326 e. The molecular weight excluding hydrogens is 250 g/mol. The number of carbonyl (C=O) groups is 1. The fourth-order valence-corrected chi connectivity index (χ4v) is 1.86. The Bertz CT molecular complexity index is 651. The lowest BCUT2D eigenvalue weighted by molar-refractivity contribution is -0.115. The third kappa shape index (κ3) is 2.70. The smallest absolute Gasteiger partial charge is 0.258 e. The number of amides is 1. The minimum Gasteiger partial charge on any atom is -0.326 e. The van der Waals surface area contributed by atoms with Gasteiger partial charge in [-0.1, -0.05) is 0 Å². The third-order valence-corrected chi connectivity index (χ3v) is 2.67. The lowest BCUT2D eigenvalue weighted by Gasteiger charge is -2.05. The molecule has 1 amide bonds. The summed E-state index contributed by atoms with van der Waals surface area (Å²) in [5, 5.41) is 3.17. The molecular formula is C12H13N3O2S. The summed E-state index contributed by atoms with van der Waals surface area (Å²) in [6.07, 6.45) is 0.337. The van der Waals surface area contributed by atoms with Gasteiger partial charge >= 0.3 is 0 Å². The summed E-state index contributed by atoms with van der Waals surface area (Å²) in [7, 11) is 0. The average molecular weight is 263 g/mol. The summed E-state index contributed by atoms with van der Waals surface area (Å²) in [6.45, 7) is 1.73. The molecule has 5 nitrogen and oxygen atoms in total. The van der Waals surface area contributed by atoms with Crippen LogP contribution in [0.15, 0.2) is 23.0 Å². The normalized spacial score (nSPS) is 10.6. The molecule has 0 spiro atoms. The summed E-state index contributed by atoms with van der Waals surface area (Å²) in [6, 6.07) is 5.07. The van der Waals surface area contributed by atoms with Crippen LogP contribution in [0, 0.1) is 6.92 Å². The number of fused-ring (bicyclic) bond motifs is 1. The second kappa shape index (κ2) is 5.22. The zero-order chi connectivity index (χ0) is 13.1. The first kappa shape index (κ1) is 12.6. The van der Waals surface area contributed by atoms with Crippen LogP contribution in [-0.2, 0) is 4.79 Å². The van der Waals surface area contributed by atoms with E-state index in [0.717, 1.165) is 0 Å². The van der Waals surface area contributed by atoms with Crippen molar-refractivity contribution in [2.75, 3.05) is 11.1 Å². The lowest BCUT2D eigenvalue weighted by Crippen LogP contribution is -2.13. The van der Waals surface area contributed by atoms with Crippen LogP contribution in [0.4, 0.5) is 5.69 Å². The molecule has 6 heteroatoms. The molecule has 0 aliphatic rings. The first-order chi connectivity index (χ1) is 8.60. The van der Waals surface area contributed by atoms with E-state index >= 15 is 0 Å². The Morgan fingerprint density at radius 3 is 3.00 bits per heavy atom. The predicted molar refractivity (Wildman–Crippen MR) is 74.2 cm³/mol. The van der Waals surface area contributed by atoms with E-state index in [1.807, 2.05) is 0 Å². The molecule has 0 aliphatic carbocycles. The number of thiol groups is 1. The number of aromatic amines is 1. The molecule has 18 heavy (non-hydrogen) atoms. The van der Waals surface area contributed by atoms with Crippen molar-refractivity contribution in [3.63, 3.8) is 0 Å². The van der Waals surface area contributed by atoms with Crippen molar-refractivity contribution in [2.24, 2.45) is 0 Å². The monoisotopic (exact) mass is 263 g/mol. The SMILES string of the molecule is Cc1nc2ccc(NC(=O)CCS)cc2c(=O)[nH]1. The fourth-order valence-electron chi connectivity index (χ4n) is 1.66. The molecule has 0 saturated carbocycles. The maximum atomic E-state index is 11.7. The molecule has 1 heterocycles. The predicted octanol–water partition coefficient (Wildman–Crippen LogP) is 1.49. The topological polar surface area (TPSA) is 74.8 Å². The molecule has 0 unspecified atom stereocenters. The zero-order valence-corrected chi connectivity index (χ0v) is 10.8. The minimum absolute atomic E-state index is 0.124. The first-order valence-corrected chi connectivity index (χ1v) is 6.15. The van der Waals surface area contributed by atoms with Crippen molar-refractivity contribution < 1.29 is 4.79 Å². The second-order valence-corrected chi connectivity index (χ2v) is 4.35. The van der Waals surface area contributed by atoms with Crippen molar-refractivity contribution in [1.82, 2.24) is 9.97 Å². The van der Waals surface area contributed by atoms with Crippen LogP contribution >= 0.6 is 12.6 Å². The fraction of sp³-hybridized carbons (Fsp3) is 0.250. The lowest BCUT2D eigenvalue weighted by atomic mass is 10.2. The van der Waals surface area contributed by atoms with Crippen LogP contribution in [0.1, 0.15) is 12.2 Å². The number of benzene rings is 1. The van der Waals surface area contributed by atoms with E-state index in [-0.39, 0.29) is 11.5 Å². The second-order valence-electron chi connectivity index (χ2n) is 3.91. The van der Waals surface area contributed by atoms with Crippen molar-refractivity contribution >= 4 is 35.1 Å². The number of aromatic nitrogens is 2. The van der Waals surface area contributed by atoms with Gasteiger partial charge in [-0.3, -0.25) is 9.59 Å². The summed E-state index contributed by atoms with van der Waals surface area (Å²) in [5.74, 6) is 0.931. The number of nitrogens with one attached hydrogen (secondary N) is 2. The number of hydrogen-bond donors (Lipinski definition) is 3. The van der Waals surface area contributed by atoms with E-state index in [0.29, 0.717) is 34.6 Å². The first-order valence-electron chi connectivity index (χ1n) is 5.51. The van der Waals surface area contributed by atoms with Gasteiger partial charge < -0.3 is 10.3 Å². The van der Waals surface area contributed by atoms with E-state index < -0.39 is 0 Å². The summed E-state index contributed by atoms with van der Waals surface area (Å²) in [4.78, 5) is 30.0. The van der Waals surface area contributed by atoms with E-state index in [1.54, 1.807) is 25.1 Å². The third-order valence-electron chi connectivity index (χ3n) is 2.45. The maximum absolute atomic E-state index is 11.7. The highest BCUT2D eigenvalue weighted by atomic mass is 32.1. The summed E-state index contributed by atoms with van der Waals surface area (Å²) < 4.78 is 0. The molecule has 2 aromatic rings. The van der Waals surface area contributed by atoms with Gasteiger partial charge in [0, 0.05) is 12.1 Å². The number of rotatable bonds is 3. The van der Waals surface area contributed by atoms with Crippen molar-refractivity contribution in [3.8, 4) is 0 Å². The quantitative estimate of drug-likeness (QED) is 0.734. The highest BCUT2D eigenvalue weighted by Crippen LogP contribution is 2.14. The molecule has 0 radical (unpaired) electrons. The van der Waals surface area contributed by atoms with E-state index in [9.17, 15) is 9.59 Å². The number of anilines is 1. The van der Waals surface area contributed by atoms with Crippen LogP contribution in [0.3, 0.4) is 0 Å². The Balaban J connectivity index is 2.38. The molecule has 1 aromatic heterocycles. The van der Waals surface area contributed by atoms with Crippen LogP contribution < -0.4 is 10.9 Å². The molecule has 1 aromatic carbocycles. The van der Waals surface area contributed by atoms with Gasteiger partial charge in [0.1, 0.15) is 5.82 Å². The molecule has 0 aliphatic heterocycles. The number of hydrogen-bond acceptors (Lipinski definition) is 4. The molecule has 2 N–H and O–H groups in total. The number of H-pyrrole nitrogens is 1. The van der Waals surface area contributed by atoms with Crippen LogP contribution in [0.25, 0.3) is 10.9 Å². The van der Waals surface area contributed by atoms with E-state index in [1.165, 1.54) is 0 Å². The van der Waals surface area contributed by atoms with Crippen LogP contribution in [0.5, 0.6) is 0 Å². The number of carbonyl (C=O) groups excluding carboxylic acids is 1. The van der Waals surface area contributed by atoms with Crippen LogP contribution in [-0.4, -0.2) is 21.6 Å². The summed E-state index contributed by atoms with van der Waals surface area (Å²) >= 11 is 3.99. The minimum atomic E-state index is -0.206. The number of aryl methyl sites for hydroxylation is 1. The van der Waals surface area contributed by atoms with Gasteiger partial charge in [0.15, 0.2) is 0 Å². The molecule has 0 atom stereocenters. The van der Waals surface area contributed by atoms with Crippen molar-refractivity contribution in [3.05, 3.63) is 34.4 Å². The molecule has 0 saturated heterocycles. The molecule has 0 fully saturated rings. The zero-order valence-electron chi connectivity index (χ0n) is 9.86. The average Bonchev–Trinajstić information content (AvgIpc) is 2.30. The Labute approximate surface area is 109 Å². The highest BCUT2D eigenvalue weighted by molar-refractivity contribution is 7.80. The Hall–Kier alpha value is -1.82. The van der Waals surface area contributed by atoms with E-state index in [2.05, 4.69) is 27.9 Å². The van der Waals surface area contributed by atoms with Gasteiger partial charge in [0.25, 0.3) is 5.56 Å². The molecule has 2 rings (SSSR count). The van der Waals surface area contributed by atoms with Gasteiger partial charge in [-0.2, -0.15) is 12.6 Å². The summed E-state index contributed by atoms with van der Waals surface area (Å²) in [5.41, 5.74) is 0.997. The van der Waals surface area contributed by atoms with Gasteiger partial charge in [0.2, 0.25) is 5.91 Å². The maximum Gasteiger partial charge on any atom is 0.258 e. The van der Waals surface area contributed by atoms with Gasteiger partial charge in [0.05, 0.1) is 10.9 Å². The van der Waals surface area contributed by atoms with Crippen molar-refractivity contribution in [1.29, 1.82) is 0 Å². The van der Waals surface area contributed by atoms with Crippen molar-refractivity contribution in [2.45, 2.75) is 13.3 Å². The Morgan fingerprint density at radius 2 is 2.28 bits per heavy atom. The Kier molecular flexibility index (Phi) is 3.66. The molecule has 94 valence electrons. The Morgan fingerprint density at radius 1 is 1.50 bits per heavy atom. The van der Waals surface area contributed by atoms with Crippen LogP contribution in [0.2, 0.25) is 0 Å². The molecule has 0 bridgehead atoms. The van der Waals surface area contributed by atoms with E-state index in [4.69, 9.17) is 0 Å². The highest BCUT2D eigenvalue weighted by Gasteiger charge is 2.05. The number of nitrogens with zero attached hydrogens (tertiary/aromatic N) is 1. The standard InChI is InChI=1S/C12H13N3O2S/c1-7-13-10-3-2-8(15-11(16)4-5-18)6-9(10)12(17)14-7/h2-3,6,18H,4-5H2,1H3,(H,15,16)(H,13,14,17). The van der Waals surface area contributed by atoms with Gasteiger partial charge in [-0.05, 0) is 30.9 Å². The van der Waals surface area contributed by atoms with Gasteiger partial charge in [-0.25, -0.2) is 4.98 Å². The van der Waals surface area contributed by atoms with Gasteiger partial charge in [-0.15, -0.1) is 0 Å².